The molecule has 2 aromatic carbocycles. The number of aromatic nitrogens is 3. The SMILES string of the molecule is CCCn1c(SCC(=O)Nc2ccc(C)cc2[N+](=O)[O-])nnc1-c1cccc(C)c1. The minimum atomic E-state index is -0.498. The molecule has 0 saturated heterocycles. The van der Waals surface area contributed by atoms with Crippen LogP contribution in [0.1, 0.15) is 24.5 Å². The molecule has 1 N–H and O–H groups in total. The average molecular weight is 426 g/mol. The van der Waals surface area contributed by atoms with Crippen LogP contribution in [0.25, 0.3) is 11.4 Å². The van der Waals surface area contributed by atoms with Crippen LogP contribution in [-0.4, -0.2) is 31.3 Å². The molecule has 1 aromatic heterocycles. The highest BCUT2D eigenvalue weighted by Crippen LogP contribution is 2.27. The van der Waals surface area contributed by atoms with E-state index in [1.54, 1.807) is 19.1 Å². The van der Waals surface area contributed by atoms with E-state index in [1.807, 2.05) is 35.8 Å². The summed E-state index contributed by atoms with van der Waals surface area (Å²) in [5, 5.41) is 23.1. The largest absolute Gasteiger partial charge is 0.320 e. The predicted octanol–water partition coefficient (Wildman–Crippen LogP) is 4.61. The van der Waals surface area contributed by atoms with E-state index in [4.69, 9.17) is 0 Å². The first-order chi connectivity index (χ1) is 14.4. The molecule has 1 heterocycles. The van der Waals surface area contributed by atoms with E-state index in [2.05, 4.69) is 22.4 Å². The van der Waals surface area contributed by atoms with Gasteiger partial charge in [0.05, 0.1) is 10.7 Å². The summed E-state index contributed by atoms with van der Waals surface area (Å²) in [6.45, 7) is 6.58. The van der Waals surface area contributed by atoms with Crippen molar-refractivity contribution in [2.45, 2.75) is 38.9 Å². The standard InChI is InChI=1S/C21H23N5O3S/c1-4-10-25-20(16-7-5-6-14(2)11-16)23-24-21(25)30-13-19(27)22-17-9-8-15(3)12-18(17)26(28)29/h5-9,11-12H,4,10,13H2,1-3H3,(H,22,27). The maximum Gasteiger partial charge on any atom is 0.293 e. The van der Waals surface area contributed by atoms with Crippen molar-refractivity contribution in [1.29, 1.82) is 0 Å². The predicted molar refractivity (Wildman–Crippen MR) is 118 cm³/mol. The van der Waals surface area contributed by atoms with Gasteiger partial charge in [-0.05, 0) is 38.0 Å². The maximum absolute atomic E-state index is 12.4. The van der Waals surface area contributed by atoms with Gasteiger partial charge in [0, 0.05) is 18.2 Å². The molecule has 0 aliphatic rings. The third-order valence-electron chi connectivity index (χ3n) is 4.40. The molecular weight excluding hydrogens is 402 g/mol. The number of nitrogens with one attached hydrogen (secondary N) is 1. The number of thioether (sulfide) groups is 1. The van der Waals surface area contributed by atoms with Gasteiger partial charge in [-0.1, -0.05) is 48.5 Å². The van der Waals surface area contributed by atoms with E-state index in [0.717, 1.165) is 35.5 Å². The smallest absolute Gasteiger partial charge is 0.293 e. The number of hydrogen-bond donors (Lipinski definition) is 1. The number of anilines is 1. The summed E-state index contributed by atoms with van der Waals surface area (Å²) < 4.78 is 2.00. The Morgan fingerprint density at radius 2 is 1.93 bits per heavy atom. The Morgan fingerprint density at radius 3 is 2.63 bits per heavy atom. The molecule has 8 nitrogen and oxygen atoms in total. The second-order valence-corrected chi connectivity index (χ2v) is 7.88. The van der Waals surface area contributed by atoms with Gasteiger partial charge < -0.3 is 9.88 Å². The molecule has 0 aliphatic heterocycles. The third kappa shape index (κ3) is 5.04. The molecule has 9 heteroatoms. The number of carbonyl (C=O) groups is 1. The van der Waals surface area contributed by atoms with Crippen LogP contribution in [0, 0.1) is 24.0 Å². The number of nitro groups is 1. The van der Waals surface area contributed by atoms with Crippen LogP contribution in [-0.2, 0) is 11.3 Å². The van der Waals surface area contributed by atoms with E-state index in [-0.39, 0.29) is 23.0 Å². The zero-order valence-electron chi connectivity index (χ0n) is 17.1. The molecule has 3 aromatic rings. The van der Waals surface area contributed by atoms with Gasteiger partial charge in [0.15, 0.2) is 11.0 Å². The van der Waals surface area contributed by atoms with Crippen LogP contribution in [0.2, 0.25) is 0 Å². The molecule has 1 amide bonds. The summed E-state index contributed by atoms with van der Waals surface area (Å²) in [4.78, 5) is 23.2. The number of benzene rings is 2. The van der Waals surface area contributed by atoms with Crippen LogP contribution in [0.3, 0.4) is 0 Å². The highest BCUT2D eigenvalue weighted by Gasteiger charge is 2.18. The lowest BCUT2D eigenvalue weighted by molar-refractivity contribution is -0.384. The Labute approximate surface area is 178 Å². The van der Waals surface area contributed by atoms with Gasteiger partial charge in [0.2, 0.25) is 5.91 Å². The number of rotatable bonds is 8. The van der Waals surface area contributed by atoms with Crippen molar-refractivity contribution in [2.75, 3.05) is 11.1 Å². The molecule has 3 rings (SSSR count). The van der Waals surface area contributed by atoms with E-state index >= 15 is 0 Å². The van der Waals surface area contributed by atoms with Crippen molar-refractivity contribution in [3.05, 3.63) is 63.7 Å². The van der Waals surface area contributed by atoms with E-state index < -0.39 is 4.92 Å². The van der Waals surface area contributed by atoms with Gasteiger partial charge in [-0.2, -0.15) is 0 Å². The Hall–Kier alpha value is -3.20. The highest BCUT2D eigenvalue weighted by atomic mass is 32.2. The number of nitrogens with zero attached hydrogens (tertiary/aromatic N) is 4. The third-order valence-corrected chi connectivity index (χ3v) is 5.36. The normalized spacial score (nSPS) is 10.8. The number of carbonyl (C=O) groups excluding carboxylic acids is 1. The topological polar surface area (TPSA) is 103 Å². The number of hydrogen-bond acceptors (Lipinski definition) is 6. The van der Waals surface area contributed by atoms with E-state index in [0.29, 0.717) is 5.16 Å². The number of aryl methyl sites for hydroxylation is 2. The lowest BCUT2D eigenvalue weighted by Crippen LogP contribution is -2.15. The molecule has 0 saturated carbocycles. The fraction of sp³-hybridized carbons (Fsp3) is 0.286. The summed E-state index contributed by atoms with van der Waals surface area (Å²) in [6, 6.07) is 12.7. The first-order valence-corrected chi connectivity index (χ1v) is 10.6. The molecule has 30 heavy (non-hydrogen) atoms. The summed E-state index contributed by atoms with van der Waals surface area (Å²) in [5.74, 6) is 0.494. The van der Waals surface area contributed by atoms with Gasteiger partial charge in [0.1, 0.15) is 5.69 Å². The summed E-state index contributed by atoms with van der Waals surface area (Å²) in [6.07, 6.45) is 0.895. The molecule has 0 spiro atoms. The quantitative estimate of drug-likeness (QED) is 0.321. The van der Waals surface area contributed by atoms with Crippen LogP contribution in [0.5, 0.6) is 0 Å². The van der Waals surface area contributed by atoms with E-state index in [1.165, 1.54) is 17.8 Å². The molecule has 0 atom stereocenters. The van der Waals surface area contributed by atoms with Crippen molar-refractivity contribution in [3.63, 3.8) is 0 Å². The molecular formula is C21H23N5O3S. The lowest BCUT2D eigenvalue weighted by atomic mass is 10.1. The lowest BCUT2D eigenvalue weighted by Gasteiger charge is -2.10. The minimum absolute atomic E-state index is 0.0701. The van der Waals surface area contributed by atoms with Crippen LogP contribution < -0.4 is 5.32 Å². The van der Waals surface area contributed by atoms with Crippen molar-refractivity contribution in [1.82, 2.24) is 14.8 Å². The van der Waals surface area contributed by atoms with Crippen molar-refractivity contribution < 1.29 is 9.72 Å². The second-order valence-electron chi connectivity index (χ2n) is 6.94. The molecule has 0 bridgehead atoms. The Morgan fingerprint density at radius 1 is 1.17 bits per heavy atom. The van der Waals surface area contributed by atoms with Crippen molar-refractivity contribution in [3.8, 4) is 11.4 Å². The van der Waals surface area contributed by atoms with E-state index in [9.17, 15) is 14.9 Å². The van der Waals surface area contributed by atoms with Crippen molar-refractivity contribution in [2.24, 2.45) is 0 Å². The fourth-order valence-electron chi connectivity index (χ4n) is 3.03. The van der Waals surface area contributed by atoms with Gasteiger partial charge in [0.25, 0.3) is 5.69 Å². The Balaban J connectivity index is 1.74. The average Bonchev–Trinajstić information content (AvgIpc) is 3.10. The molecule has 0 unspecified atom stereocenters. The number of nitro benzene ring substituents is 1. The zero-order valence-corrected chi connectivity index (χ0v) is 17.9. The first kappa shape index (κ1) is 21.5. The molecule has 0 aliphatic carbocycles. The molecule has 0 fully saturated rings. The summed E-state index contributed by atoms with van der Waals surface area (Å²) in [5.41, 5.74) is 2.93. The maximum atomic E-state index is 12.4. The monoisotopic (exact) mass is 425 g/mol. The van der Waals surface area contributed by atoms with Gasteiger partial charge in [-0.3, -0.25) is 14.9 Å². The van der Waals surface area contributed by atoms with Crippen molar-refractivity contribution >= 4 is 29.0 Å². The fourth-order valence-corrected chi connectivity index (χ4v) is 3.80. The van der Waals surface area contributed by atoms with Gasteiger partial charge >= 0.3 is 0 Å². The van der Waals surface area contributed by atoms with Crippen LogP contribution in [0.4, 0.5) is 11.4 Å². The highest BCUT2D eigenvalue weighted by molar-refractivity contribution is 7.99. The van der Waals surface area contributed by atoms with Crippen LogP contribution >= 0.6 is 11.8 Å². The zero-order chi connectivity index (χ0) is 21.7. The second kappa shape index (κ2) is 9.53. The number of amides is 1. The minimum Gasteiger partial charge on any atom is -0.320 e. The molecule has 0 radical (unpaired) electrons. The van der Waals surface area contributed by atoms with Gasteiger partial charge in [-0.25, -0.2) is 0 Å². The Kier molecular flexibility index (Phi) is 6.83. The first-order valence-electron chi connectivity index (χ1n) is 9.57. The Bertz CT molecular complexity index is 1080. The van der Waals surface area contributed by atoms with Crippen LogP contribution in [0.15, 0.2) is 47.6 Å². The summed E-state index contributed by atoms with van der Waals surface area (Å²) in [7, 11) is 0. The molecule has 156 valence electrons. The summed E-state index contributed by atoms with van der Waals surface area (Å²) >= 11 is 1.26. The van der Waals surface area contributed by atoms with Gasteiger partial charge in [-0.15, -0.1) is 10.2 Å².